The Morgan fingerprint density at radius 3 is 2.63 bits per heavy atom. The number of nitrogens with zero attached hydrogens (tertiary/aromatic N) is 1. The highest BCUT2D eigenvalue weighted by Crippen LogP contribution is 2.46. The predicted molar refractivity (Wildman–Crippen MR) is 115 cm³/mol. The quantitative estimate of drug-likeness (QED) is 0.648. The van der Waals surface area contributed by atoms with E-state index in [4.69, 9.17) is 9.47 Å². The average molecular weight is 404 g/mol. The summed E-state index contributed by atoms with van der Waals surface area (Å²) >= 11 is 0. The van der Waals surface area contributed by atoms with Crippen molar-refractivity contribution >= 4 is 22.8 Å². The van der Waals surface area contributed by atoms with Gasteiger partial charge in [0.15, 0.2) is 11.5 Å². The summed E-state index contributed by atoms with van der Waals surface area (Å²) in [5, 5.41) is 3.52. The average Bonchev–Trinajstić information content (AvgIpc) is 3.08. The molecule has 2 N–H and O–H groups in total. The number of carbonyl (C=O) groups excluding carboxylic acids is 1. The summed E-state index contributed by atoms with van der Waals surface area (Å²) < 4.78 is 13.5. The maximum absolute atomic E-state index is 13.5. The highest BCUT2D eigenvalue weighted by Gasteiger charge is 2.49. The molecule has 6 nitrogen and oxygen atoms in total. The smallest absolute Gasteiger partial charge is 0.361 e. The van der Waals surface area contributed by atoms with E-state index >= 15 is 0 Å². The number of hydrogen-bond donors (Lipinski definition) is 2. The van der Waals surface area contributed by atoms with Crippen LogP contribution < -0.4 is 19.4 Å². The summed E-state index contributed by atoms with van der Waals surface area (Å²) in [5.74, 6) is 2.08. The van der Waals surface area contributed by atoms with Crippen LogP contribution in [0.25, 0.3) is 11.0 Å². The lowest BCUT2D eigenvalue weighted by Gasteiger charge is -2.37. The van der Waals surface area contributed by atoms with Gasteiger partial charge in [-0.3, -0.25) is 4.79 Å². The van der Waals surface area contributed by atoms with Crippen LogP contribution in [0.3, 0.4) is 0 Å². The monoisotopic (exact) mass is 404 g/mol. The third-order valence-electron chi connectivity index (χ3n) is 6.12. The van der Waals surface area contributed by atoms with E-state index in [0.717, 1.165) is 28.2 Å². The number of H-pyrrole nitrogens is 1. The molecule has 2 heterocycles. The molecule has 1 aliphatic carbocycles. The van der Waals surface area contributed by atoms with Crippen LogP contribution in [0.2, 0.25) is 0 Å². The van der Waals surface area contributed by atoms with E-state index < -0.39 is 0 Å². The number of carbonyl (C=O) groups is 1. The molecule has 0 spiro atoms. The van der Waals surface area contributed by atoms with Crippen LogP contribution in [0, 0.1) is 11.3 Å². The summed E-state index contributed by atoms with van der Waals surface area (Å²) in [6.45, 7) is 4.20. The molecular weight excluding hydrogens is 378 g/mol. The lowest BCUT2D eigenvalue weighted by molar-refractivity contribution is -0.682. The van der Waals surface area contributed by atoms with E-state index in [2.05, 4.69) is 40.9 Å². The van der Waals surface area contributed by atoms with Crippen LogP contribution >= 0.6 is 0 Å². The van der Waals surface area contributed by atoms with Crippen LogP contribution in [-0.2, 0) is 4.79 Å². The van der Waals surface area contributed by atoms with Gasteiger partial charge in [-0.1, -0.05) is 38.1 Å². The molecule has 2 unspecified atom stereocenters. The van der Waals surface area contributed by atoms with Gasteiger partial charge in [0.05, 0.1) is 19.9 Å². The molecule has 0 saturated carbocycles. The number of anilines is 1. The van der Waals surface area contributed by atoms with Gasteiger partial charge in [-0.15, -0.1) is 0 Å². The molecule has 2 aliphatic rings. The maximum atomic E-state index is 13.5. The Hall–Kier alpha value is -3.28. The Morgan fingerprint density at radius 1 is 1.07 bits per heavy atom. The van der Waals surface area contributed by atoms with Crippen LogP contribution in [0.15, 0.2) is 54.2 Å². The molecule has 1 aliphatic heterocycles. The molecule has 30 heavy (non-hydrogen) atoms. The minimum atomic E-state index is -0.323. The van der Waals surface area contributed by atoms with Crippen molar-refractivity contribution in [2.24, 2.45) is 11.3 Å². The van der Waals surface area contributed by atoms with Crippen LogP contribution in [0.5, 0.6) is 11.5 Å². The van der Waals surface area contributed by atoms with Crippen molar-refractivity contribution in [3.63, 3.8) is 0 Å². The standard InChI is InChI=1S/C24H25N3O3/c1-24(2)12-16-20(18(28)13-24)21(14-8-7-11-19(29-3)22(14)30-4)27-17-10-6-5-9-15(17)25-23(27)26-16/h5-12,20-21H,13H2,1-4H3,(H,25,26)/p+1. The molecule has 2 aromatic carbocycles. The van der Waals surface area contributed by atoms with E-state index in [1.807, 2.05) is 36.4 Å². The third-order valence-corrected chi connectivity index (χ3v) is 6.12. The van der Waals surface area contributed by atoms with Crippen LogP contribution in [0.1, 0.15) is 31.9 Å². The molecule has 1 aromatic heterocycles. The minimum Gasteiger partial charge on any atom is -0.493 e. The second kappa shape index (κ2) is 6.62. The molecule has 2 atom stereocenters. The number of nitrogens with one attached hydrogen (secondary N) is 2. The fraction of sp³-hybridized carbons (Fsp3) is 0.333. The number of methoxy groups -OCH3 is 2. The van der Waals surface area contributed by atoms with Crippen molar-refractivity contribution in [3.05, 3.63) is 59.8 Å². The number of Topliss-reactive ketones (excluding diaryl/α,β-unsaturated/α-hetero) is 1. The second-order valence-electron chi connectivity index (χ2n) is 8.72. The van der Waals surface area contributed by atoms with Crippen molar-refractivity contribution in [2.45, 2.75) is 26.3 Å². The number of aromatic nitrogens is 2. The zero-order valence-corrected chi connectivity index (χ0v) is 17.7. The molecule has 6 heteroatoms. The van der Waals surface area contributed by atoms with E-state index in [9.17, 15) is 4.79 Å². The fourth-order valence-electron chi connectivity index (χ4n) is 4.98. The molecular formula is C24H26N3O3+. The summed E-state index contributed by atoms with van der Waals surface area (Å²) in [6.07, 6.45) is 2.71. The largest absolute Gasteiger partial charge is 0.493 e. The van der Waals surface area contributed by atoms with Gasteiger partial charge >= 0.3 is 5.95 Å². The van der Waals surface area contributed by atoms with Gasteiger partial charge in [-0.2, -0.15) is 0 Å². The first kappa shape index (κ1) is 18.7. The van der Waals surface area contributed by atoms with Crippen molar-refractivity contribution in [1.29, 1.82) is 0 Å². The number of ether oxygens (including phenoxy) is 2. The second-order valence-corrected chi connectivity index (χ2v) is 8.72. The number of allylic oxidation sites excluding steroid dienone is 2. The number of aromatic amines is 1. The Bertz CT molecular complexity index is 1190. The first-order valence-corrected chi connectivity index (χ1v) is 10.2. The SMILES string of the molecule is COc1cccc(C2C3C(=O)CC(C)(C)C=C3Nc3[nH]c4ccccc4[n+]32)c1OC. The van der Waals surface area contributed by atoms with Crippen LogP contribution in [-0.4, -0.2) is 25.0 Å². The van der Waals surface area contributed by atoms with Crippen molar-refractivity contribution in [2.75, 3.05) is 19.5 Å². The van der Waals surface area contributed by atoms with E-state index in [1.165, 1.54) is 0 Å². The topological polar surface area (TPSA) is 67.2 Å². The first-order valence-electron chi connectivity index (χ1n) is 10.2. The van der Waals surface area contributed by atoms with Gasteiger partial charge in [0.2, 0.25) is 0 Å². The Labute approximate surface area is 175 Å². The van der Waals surface area contributed by atoms with Gasteiger partial charge in [-0.05, 0) is 29.7 Å². The number of para-hydroxylation sites is 3. The summed E-state index contributed by atoms with van der Waals surface area (Å²) in [7, 11) is 3.28. The number of fused-ring (bicyclic) bond motifs is 4. The molecule has 5 rings (SSSR count). The Morgan fingerprint density at radius 2 is 1.87 bits per heavy atom. The van der Waals surface area contributed by atoms with E-state index in [0.29, 0.717) is 17.9 Å². The molecule has 0 radical (unpaired) electrons. The molecule has 0 fully saturated rings. The van der Waals surface area contributed by atoms with Gasteiger partial charge in [-0.25, -0.2) is 14.9 Å². The van der Waals surface area contributed by atoms with Crippen molar-refractivity contribution < 1.29 is 18.8 Å². The summed E-state index contributed by atoms with van der Waals surface area (Å²) in [6, 6.07) is 13.8. The molecule has 154 valence electrons. The van der Waals surface area contributed by atoms with Gasteiger partial charge in [0, 0.05) is 12.0 Å². The van der Waals surface area contributed by atoms with E-state index in [1.54, 1.807) is 14.2 Å². The number of rotatable bonds is 3. The summed E-state index contributed by atoms with van der Waals surface area (Å²) in [5.41, 5.74) is 3.73. The lowest BCUT2D eigenvalue weighted by Crippen LogP contribution is -2.54. The Kier molecular flexibility index (Phi) is 4.13. The van der Waals surface area contributed by atoms with Gasteiger partial charge < -0.3 is 9.47 Å². The van der Waals surface area contributed by atoms with Crippen LogP contribution in [0.4, 0.5) is 5.95 Å². The molecule has 3 aromatic rings. The lowest BCUT2D eigenvalue weighted by atomic mass is 9.71. The first-order chi connectivity index (χ1) is 14.4. The maximum Gasteiger partial charge on any atom is 0.361 e. The van der Waals surface area contributed by atoms with Crippen molar-refractivity contribution in [3.8, 4) is 11.5 Å². The van der Waals surface area contributed by atoms with Crippen molar-refractivity contribution in [1.82, 2.24) is 4.98 Å². The zero-order valence-electron chi connectivity index (χ0n) is 17.7. The highest BCUT2D eigenvalue weighted by atomic mass is 16.5. The fourth-order valence-corrected chi connectivity index (χ4v) is 4.98. The normalized spacial score (nSPS) is 22.0. The number of benzene rings is 2. The molecule has 0 saturated heterocycles. The number of imidazole rings is 1. The zero-order chi connectivity index (χ0) is 21.0. The highest BCUT2D eigenvalue weighted by molar-refractivity contribution is 5.88. The van der Waals surface area contributed by atoms with Gasteiger partial charge in [0.1, 0.15) is 28.8 Å². The van der Waals surface area contributed by atoms with E-state index in [-0.39, 0.29) is 23.2 Å². The number of hydrogen-bond acceptors (Lipinski definition) is 4. The Balaban J connectivity index is 1.83. The third kappa shape index (κ3) is 2.70. The molecule has 0 amide bonds. The van der Waals surface area contributed by atoms with Gasteiger partial charge in [0.25, 0.3) is 0 Å². The predicted octanol–water partition coefficient (Wildman–Crippen LogP) is 3.99. The minimum absolute atomic E-state index is 0.187. The summed E-state index contributed by atoms with van der Waals surface area (Å²) in [4.78, 5) is 17.0. The molecule has 0 bridgehead atoms. The number of ketones is 1.